The Labute approximate surface area is 197 Å². The fraction of sp³-hybridized carbons (Fsp3) is 0.600. The Bertz CT molecular complexity index is 1060. The molecule has 0 aliphatic carbocycles. The summed E-state index contributed by atoms with van der Waals surface area (Å²) in [5.41, 5.74) is -1.52. The zero-order valence-electron chi connectivity index (χ0n) is 19.3. The van der Waals surface area contributed by atoms with Gasteiger partial charge < -0.3 is 19.3 Å². The van der Waals surface area contributed by atoms with Crippen LogP contribution in [0.4, 0.5) is 4.79 Å². The molecule has 33 heavy (non-hydrogen) atoms. The molecule has 13 heteroatoms. The lowest BCUT2D eigenvalue weighted by Crippen LogP contribution is -2.44. The minimum absolute atomic E-state index is 0.142. The van der Waals surface area contributed by atoms with Gasteiger partial charge in [-0.3, -0.25) is 0 Å². The van der Waals surface area contributed by atoms with Crippen molar-refractivity contribution >= 4 is 27.9 Å². The summed E-state index contributed by atoms with van der Waals surface area (Å²) in [6.45, 7) is 10.3. The largest absolute Gasteiger partial charge is 0.444 e. The van der Waals surface area contributed by atoms with Gasteiger partial charge in [0, 0.05) is 19.3 Å². The van der Waals surface area contributed by atoms with E-state index in [-0.39, 0.29) is 4.90 Å². The number of aromatic nitrogens is 3. The van der Waals surface area contributed by atoms with Crippen molar-refractivity contribution in [2.45, 2.75) is 61.4 Å². The van der Waals surface area contributed by atoms with Gasteiger partial charge >= 0.3 is 6.09 Å². The Morgan fingerprint density at radius 1 is 1.21 bits per heavy atom. The van der Waals surface area contributed by atoms with Gasteiger partial charge in [-0.2, -0.15) is 9.29 Å². The van der Waals surface area contributed by atoms with E-state index in [9.17, 15) is 13.2 Å². The maximum atomic E-state index is 12.7. The second kappa shape index (κ2) is 9.95. The molecule has 11 nitrogen and oxygen atoms in total. The number of hydrogen-bond donors (Lipinski definition) is 1. The summed E-state index contributed by atoms with van der Waals surface area (Å²) in [5.74, 6) is 0.989. The van der Waals surface area contributed by atoms with Crippen LogP contribution in [0.15, 0.2) is 32.8 Å². The van der Waals surface area contributed by atoms with Gasteiger partial charge in [-0.15, -0.1) is 0 Å². The van der Waals surface area contributed by atoms with E-state index in [1.54, 1.807) is 40.7 Å². The molecular weight excluding hydrogens is 470 g/mol. The maximum absolute atomic E-state index is 12.7. The normalized spacial score (nSPS) is 15.9. The number of morpholine rings is 1. The topological polar surface area (TPSA) is 137 Å². The number of pyridine rings is 1. The van der Waals surface area contributed by atoms with Crippen LogP contribution in [0, 0.1) is 0 Å². The number of alkyl carbamates (subject to hydrolysis) is 1. The highest BCUT2D eigenvalue weighted by atomic mass is 32.2. The Morgan fingerprint density at radius 2 is 1.91 bits per heavy atom. The van der Waals surface area contributed by atoms with Crippen LogP contribution < -0.4 is 5.32 Å². The number of nitrogens with zero attached hydrogens (tertiary/aromatic N) is 4. The molecule has 0 aromatic carbocycles. The lowest BCUT2D eigenvalue weighted by molar-refractivity contribution is 0.0465. The third-order valence-electron chi connectivity index (χ3n) is 4.50. The van der Waals surface area contributed by atoms with Gasteiger partial charge in [-0.1, -0.05) is 16.9 Å². The van der Waals surface area contributed by atoms with E-state index in [2.05, 4.69) is 20.4 Å². The van der Waals surface area contributed by atoms with E-state index in [0.717, 1.165) is 0 Å². The molecule has 0 unspecified atom stereocenters. The molecule has 0 radical (unpaired) electrons. The Balaban J connectivity index is 1.58. The van der Waals surface area contributed by atoms with Crippen molar-refractivity contribution in [1.29, 1.82) is 0 Å². The molecule has 0 atom stereocenters. The highest BCUT2D eigenvalue weighted by Crippen LogP contribution is 2.24. The van der Waals surface area contributed by atoms with E-state index in [0.29, 0.717) is 48.8 Å². The molecule has 0 saturated carbocycles. The summed E-state index contributed by atoms with van der Waals surface area (Å²) in [4.78, 5) is 20.8. The van der Waals surface area contributed by atoms with Crippen molar-refractivity contribution < 1.29 is 27.2 Å². The first-order chi connectivity index (χ1) is 15.4. The van der Waals surface area contributed by atoms with Gasteiger partial charge in [0.1, 0.15) is 16.0 Å². The molecule has 2 aromatic heterocycles. The number of carbonyl (C=O) groups is 1. The first kappa shape index (κ1) is 25.4. The van der Waals surface area contributed by atoms with Crippen LogP contribution in [0.5, 0.6) is 0 Å². The van der Waals surface area contributed by atoms with Crippen molar-refractivity contribution in [3.63, 3.8) is 0 Å². The third-order valence-corrected chi connectivity index (χ3v) is 7.31. The number of rotatable bonds is 7. The van der Waals surface area contributed by atoms with Gasteiger partial charge in [0.25, 0.3) is 0 Å². The summed E-state index contributed by atoms with van der Waals surface area (Å²) < 4.78 is 42.5. The monoisotopic (exact) mass is 499 g/mol. The predicted octanol–water partition coefficient (Wildman–Crippen LogP) is 2.54. The van der Waals surface area contributed by atoms with Crippen LogP contribution in [0.3, 0.4) is 0 Å². The van der Waals surface area contributed by atoms with Crippen molar-refractivity contribution in [2.24, 2.45) is 0 Å². The lowest BCUT2D eigenvalue weighted by Gasteiger charge is -2.26. The quantitative estimate of drug-likeness (QED) is 0.566. The fourth-order valence-corrected chi connectivity index (χ4v) is 4.89. The number of carbonyl (C=O) groups excluding carboxylic acids is 1. The van der Waals surface area contributed by atoms with Gasteiger partial charge in [0.15, 0.2) is 5.82 Å². The Morgan fingerprint density at radius 3 is 2.52 bits per heavy atom. The standard InChI is InChI=1S/C20H29N5O6S2/c1-19(2,3)30-18(26)23-20(4,5)17-22-15(31-24-17)13-32-16-7-6-14(12-21-16)33(27,28)25-8-10-29-11-9-25/h6-7,12H,8-11,13H2,1-5H3,(H,23,26). The van der Waals surface area contributed by atoms with E-state index in [1.165, 1.54) is 28.3 Å². The second-order valence-electron chi connectivity index (χ2n) is 8.90. The molecule has 3 heterocycles. The van der Waals surface area contributed by atoms with E-state index in [1.807, 2.05) is 0 Å². The molecule has 0 spiro atoms. The number of hydrogen-bond acceptors (Lipinski definition) is 10. The van der Waals surface area contributed by atoms with Crippen molar-refractivity contribution in [1.82, 2.24) is 24.7 Å². The summed E-state index contributed by atoms with van der Waals surface area (Å²) >= 11 is 1.33. The molecule has 3 rings (SSSR count). The second-order valence-corrected chi connectivity index (χ2v) is 11.8. The molecule has 1 aliphatic heterocycles. The lowest BCUT2D eigenvalue weighted by atomic mass is 10.1. The summed E-state index contributed by atoms with van der Waals surface area (Å²) in [6.07, 6.45) is 0.768. The van der Waals surface area contributed by atoms with Crippen molar-refractivity contribution in [2.75, 3.05) is 26.3 Å². The Kier molecular flexibility index (Phi) is 7.66. The summed E-state index contributed by atoms with van der Waals surface area (Å²) in [7, 11) is -3.58. The molecule has 1 N–H and O–H groups in total. The zero-order valence-corrected chi connectivity index (χ0v) is 21.0. The predicted molar refractivity (Wildman–Crippen MR) is 120 cm³/mol. The molecular formula is C20H29N5O6S2. The first-order valence-electron chi connectivity index (χ1n) is 10.4. The molecule has 1 amide bonds. The smallest absolute Gasteiger partial charge is 0.408 e. The van der Waals surface area contributed by atoms with Gasteiger partial charge in [0.05, 0.1) is 24.0 Å². The summed E-state index contributed by atoms with van der Waals surface area (Å²) in [6, 6.07) is 3.18. The SMILES string of the molecule is CC(C)(C)OC(=O)NC(C)(C)c1noc(CSc2ccc(S(=O)(=O)N3CCOCC3)cn2)n1. The van der Waals surface area contributed by atoms with Crippen LogP contribution >= 0.6 is 11.8 Å². The van der Waals surface area contributed by atoms with Crippen LogP contribution in [-0.2, 0) is 30.8 Å². The van der Waals surface area contributed by atoms with Gasteiger partial charge in [0.2, 0.25) is 15.9 Å². The molecule has 1 aliphatic rings. The minimum Gasteiger partial charge on any atom is -0.444 e. The number of sulfonamides is 1. The highest BCUT2D eigenvalue weighted by Gasteiger charge is 2.31. The van der Waals surface area contributed by atoms with Crippen LogP contribution in [0.25, 0.3) is 0 Å². The average molecular weight is 500 g/mol. The number of amides is 1. The number of nitrogens with one attached hydrogen (secondary N) is 1. The van der Waals surface area contributed by atoms with Crippen LogP contribution in [0.2, 0.25) is 0 Å². The minimum atomic E-state index is -3.58. The van der Waals surface area contributed by atoms with E-state index in [4.69, 9.17) is 14.0 Å². The van der Waals surface area contributed by atoms with Crippen LogP contribution in [0.1, 0.15) is 46.3 Å². The molecule has 1 saturated heterocycles. The van der Waals surface area contributed by atoms with Gasteiger partial charge in [-0.25, -0.2) is 18.2 Å². The molecule has 0 bridgehead atoms. The fourth-order valence-electron chi connectivity index (χ4n) is 2.86. The number of thioether (sulfide) groups is 1. The van der Waals surface area contributed by atoms with E-state index >= 15 is 0 Å². The average Bonchev–Trinajstić information content (AvgIpc) is 3.21. The number of ether oxygens (including phenoxy) is 2. The van der Waals surface area contributed by atoms with Gasteiger partial charge in [-0.05, 0) is 46.8 Å². The Hall–Kier alpha value is -2.22. The maximum Gasteiger partial charge on any atom is 0.408 e. The molecule has 182 valence electrons. The van der Waals surface area contributed by atoms with E-state index < -0.39 is 27.3 Å². The third kappa shape index (κ3) is 6.88. The highest BCUT2D eigenvalue weighted by molar-refractivity contribution is 7.98. The molecule has 1 fully saturated rings. The van der Waals surface area contributed by atoms with Crippen molar-refractivity contribution in [3.05, 3.63) is 30.0 Å². The first-order valence-corrected chi connectivity index (χ1v) is 12.8. The zero-order chi connectivity index (χ0) is 24.3. The van der Waals surface area contributed by atoms with Crippen LogP contribution in [-0.4, -0.2) is 65.8 Å². The molecule has 2 aromatic rings. The summed E-state index contributed by atoms with van der Waals surface area (Å²) in [5, 5.41) is 7.31. The van der Waals surface area contributed by atoms with Crippen molar-refractivity contribution in [3.8, 4) is 0 Å².